The lowest BCUT2D eigenvalue weighted by Crippen LogP contribution is -2.61. The van der Waals surface area contributed by atoms with Gasteiger partial charge in [-0.25, -0.2) is 9.59 Å². The SMILES string of the molecule is CC(=O)N[C@@H](CCCNC(=N)N)C(=O)N[C@@H](CCCNC(=N)N)C(=O)N[C@@H](Cc1ccc2ccccc2c1)C(=O)N[C@H]1CSSC[C@@H](C(=O)N[C@@H](CCCNC(=N)N)C(N)=O)NC(=O)[C@H](CCCNC(N)=O)NC(=O)[C@H](CCCNC(=N)N)NC(=O)[C@H](Cc2ccc(O)cc2)NC(=O)[C@@H]2CCCN2C(=O)[C@@H](CCCNC(N)=O)NC(=O)[C@H](CCCCN)NC(=O)[C@H](CCCNC(=N)N)NC(=O)[C@H](Cc2ccc(O)cc2)NC1=O. The molecule has 19 amide bonds. The summed E-state index contributed by atoms with van der Waals surface area (Å²) in [6.45, 7) is 0.580. The average molecular weight is 2110 g/mol. The zero-order chi connectivity index (χ0) is 109. The molecule has 6 rings (SSSR count). The van der Waals surface area contributed by atoms with Crippen molar-refractivity contribution in [3.63, 3.8) is 0 Å². The van der Waals surface area contributed by atoms with Crippen LogP contribution in [0.3, 0.4) is 0 Å². The first-order chi connectivity index (χ1) is 70.5. The third-order valence-corrected chi connectivity index (χ3v) is 25.9. The van der Waals surface area contributed by atoms with E-state index in [-0.39, 0.29) is 204 Å². The summed E-state index contributed by atoms with van der Waals surface area (Å²) in [4.78, 5) is 252. The second-order valence-electron chi connectivity index (χ2n) is 35.3. The minimum atomic E-state index is -1.94. The highest BCUT2D eigenvalue weighted by atomic mass is 33.1. The van der Waals surface area contributed by atoms with E-state index in [0.29, 0.717) is 16.5 Å². The molecule has 14 atom stereocenters. The van der Waals surface area contributed by atoms with Crippen molar-refractivity contribution in [3.8, 4) is 11.5 Å². The molecular weight excluding hydrogens is 1960 g/mol. The Hall–Kier alpha value is -15.7. The number of nitrogens with one attached hydrogen (secondary N) is 25. The molecule has 4 aromatic carbocycles. The Balaban J connectivity index is 1.64. The number of benzene rings is 4. The van der Waals surface area contributed by atoms with Gasteiger partial charge in [0.2, 0.25) is 88.6 Å². The number of primary amides is 3. The highest BCUT2D eigenvalue weighted by Crippen LogP contribution is 2.27. The summed E-state index contributed by atoms with van der Waals surface area (Å²) in [7, 11) is 1.47. The topological polar surface area (TPSA) is 928 Å². The summed E-state index contributed by atoms with van der Waals surface area (Å²) in [5, 5.41) is 114. The molecule has 56 heteroatoms. The number of urea groups is 2. The second-order valence-corrected chi connectivity index (χ2v) is 37.9. The van der Waals surface area contributed by atoms with Crippen LogP contribution in [0, 0.1) is 27.0 Å². The van der Waals surface area contributed by atoms with Crippen molar-refractivity contribution in [2.24, 2.45) is 51.6 Å². The molecular formula is C92H143N35O19S2. The fourth-order valence-corrected chi connectivity index (χ4v) is 18.2. The van der Waals surface area contributed by atoms with Gasteiger partial charge in [-0.05, 0) is 180 Å². The van der Waals surface area contributed by atoms with E-state index in [1.54, 1.807) is 36.4 Å². The van der Waals surface area contributed by atoms with Gasteiger partial charge < -0.3 is 173 Å². The van der Waals surface area contributed by atoms with E-state index in [0.717, 1.165) is 38.8 Å². The number of phenols is 2. The van der Waals surface area contributed by atoms with E-state index >= 15 is 57.5 Å². The van der Waals surface area contributed by atoms with Crippen molar-refractivity contribution in [1.82, 2.24) is 111 Å². The summed E-state index contributed by atoms with van der Waals surface area (Å²) in [6.07, 6.45) is -2.80. The fraction of sp³-hybridized carbons (Fsp3) is 0.522. The number of rotatable bonds is 48. The number of unbranched alkanes of at least 4 members (excludes halogenated alkanes) is 1. The third kappa shape index (κ3) is 45.3. The lowest BCUT2D eigenvalue weighted by molar-refractivity contribution is -0.142. The van der Waals surface area contributed by atoms with Crippen molar-refractivity contribution in [2.45, 2.75) is 233 Å². The van der Waals surface area contributed by atoms with Crippen LogP contribution in [0.4, 0.5) is 9.59 Å². The van der Waals surface area contributed by atoms with Gasteiger partial charge in [-0.1, -0.05) is 88.3 Å². The fourth-order valence-electron chi connectivity index (χ4n) is 15.9. The van der Waals surface area contributed by atoms with Gasteiger partial charge >= 0.3 is 12.1 Å². The van der Waals surface area contributed by atoms with Crippen molar-refractivity contribution in [3.05, 3.63) is 108 Å². The monoisotopic (exact) mass is 2110 g/mol. The molecule has 0 bridgehead atoms. The molecule has 2 heterocycles. The molecule has 45 N–H and O–H groups in total. The predicted octanol–water partition coefficient (Wildman–Crippen LogP) is -7.19. The van der Waals surface area contributed by atoms with Crippen LogP contribution in [0.2, 0.25) is 0 Å². The number of carbonyl (C=O) groups excluding carboxylic acids is 17. The Bertz CT molecular complexity index is 5230. The van der Waals surface area contributed by atoms with Crippen LogP contribution in [-0.2, 0) is 91.2 Å². The van der Waals surface area contributed by atoms with Gasteiger partial charge in [-0.15, -0.1) is 0 Å². The molecule has 4 aromatic rings. The zero-order valence-corrected chi connectivity index (χ0v) is 84.0. The Morgan fingerprint density at radius 1 is 0.399 bits per heavy atom. The molecule has 148 heavy (non-hydrogen) atoms. The van der Waals surface area contributed by atoms with Crippen LogP contribution < -0.4 is 158 Å². The molecule has 2 aliphatic rings. The van der Waals surface area contributed by atoms with Crippen LogP contribution in [-0.4, -0.2) is 301 Å². The van der Waals surface area contributed by atoms with Gasteiger partial charge in [0, 0.05) is 90.0 Å². The molecule has 0 aliphatic carbocycles. The first-order valence-corrected chi connectivity index (χ1v) is 50.9. The highest BCUT2D eigenvalue weighted by molar-refractivity contribution is 8.76. The quantitative estimate of drug-likeness (QED) is 0.00845. The van der Waals surface area contributed by atoms with Gasteiger partial charge in [0.25, 0.3) is 0 Å². The third-order valence-electron chi connectivity index (χ3n) is 23.5. The summed E-state index contributed by atoms with van der Waals surface area (Å²) in [5.74, 6) is -19.1. The molecule has 2 saturated heterocycles. The van der Waals surface area contributed by atoms with Crippen LogP contribution in [0.25, 0.3) is 10.8 Å². The lowest BCUT2D eigenvalue weighted by atomic mass is 10.00. The van der Waals surface area contributed by atoms with Crippen molar-refractivity contribution in [2.75, 3.05) is 70.4 Å². The number of hydrogen-bond acceptors (Lipinski definition) is 27. The number of carbonyl (C=O) groups is 17. The number of fused-ring (bicyclic) bond motifs is 2. The van der Waals surface area contributed by atoms with Crippen molar-refractivity contribution < 1.29 is 91.7 Å². The first kappa shape index (κ1) is 121. The summed E-state index contributed by atoms with van der Waals surface area (Å²) < 4.78 is 0. The van der Waals surface area contributed by atoms with Crippen molar-refractivity contribution >= 4 is 163 Å². The normalized spacial score (nSPS) is 19.8. The number of phenolic OH excluding ortho intramolecular Hbond substituents is 2. The van der Waals surface area contributed by atoms with Crippen LogP contribution in [0.5, 0.6) is 11.5 Å². The van der Waals surface area contributed by atoms with Crippen LogP contribution >= 0.6 is 21.6 Å². The molecule has 54 nitrogen and oxygen atoms in total. The van der Waals surface area contributed by atoms with Crippen molar-refractivity contribution in [1.29, 1.82) is 27.0 Å². The van der Waals surface area contributed by atoms with E-state index in [4.69, 9.17) is 78.6 Å². The van der Waals surface area contributed by atoms with Gasteiger partial charge in [0.05, 0.1) is 0 Å². The second kappa shape index (κ2) is 64.3. The first-order valence-electron chi connectivity index (χ1n) is 48.4. The zero-order valence-electron chi connectivity index (χ0n) is 82.4. The number of nitrogens with zero attached hydrogens (tertiary/aromatic N) is 1. The molecule has 0 radical (unpaired) electrons. The van der Waals surface area contributed by atoms with E-state index in [9.17, 15) is 34.2 Å². The average Bonchev–Trinajstić information content (AvgIpc) is 1.62. The Morgan fingerprint density at radius 3 is 1.22 bits per heavy atom. The maximum absolute atomic E-state index is 16.1. The molecule has 812 valence electrons. The van der Waals surface area contributed by atoms with Crippen LogP contribution in [0.15, 0.2) is 91.0 Å². The molecule has 0 spiro atoms. The lowest BCUT2D eigenvalue weighted by Gasteiger charge is -2.31. The molecule has 2 aliphatic heterocycles. The van der Waals surface area contributed by atoms with E-state index < -0.39 is 240 Å². The Labute approximate surface area is 862 Å². The maximum Gasteiger partial charge on any atom is 0.312 e. The van der Waals surface area contributed by atoms with E-state index in [1.165, 1.54) is 48.5 Å². The van der Waals surface area contributed by atoms with Gasteiger partial charge in [0.1, 0.15) is 96.1 Å². The van der Waals surface area contributed by atoms with E-state index in [2.05, 4.69) is 106 Å². The highest BCUT2D eigenvalue weighted by Gasteiger charge is 2.43. The van der Waals surface area contributed by atoms with Gasteiger partial charge in [-0.3, -0.25) is 99.0 Å². The van der Waals surface area contributed by atoms with Gasteiger partial charge in [-0.2, -0.15) is 0 Å². The standard InChI is InChI=1S/C92H143N35O19S2/c1-50(128)114-59(18-7-37-108-87(97)98)73(132)117-63(21-10-40-111-90(103)104)77(136)122-68(47-53-25-30-54-14-2-3-15-55(54)44-53)81(140)126-70-49-148-147-48-69(82(141)115-58(72(94)131)17-6-36-107-86(95)96)125-78(137)64(22-11-41-112-91(105)145)118-75(134)62(20-9-39-110-89(101)102)120-80(139)67(46-52-28-33-57(130)34-29-52)124-84(143)71-24-13-43-127(71)85(144)65(23-12-42-113-92(106)146)121-76(135)60(16-4-5-35-93)116-74(133)61(19-8-38-109-88(99)100)119-79(138)66(123-83(70)142)45-51-26-31-56(129)32-27-51/h2-3,14-15,25-34,44,58-71,129-130H,4-13,16-24,35-43,45-49,93H2,1H3,(H2,94,131)(H,114,128)(H,115,141)(H,116,133)(H,117,132)(H,118,134)(H,119,138)(H,120,139)(H,121,135)(H,122,136)(H,123,142)(H,124,143)(H,125,137)(H,126,140)(H4,95,96,107)(H4,97,98,108)(H4,99,100,109)(H4,101,102,110)(H4,103,104,111)(H3,105,112,145)(H3,106,113,146)/t58-,59-,60-,61-,62-,63-,64-,65+,66-,67-,68-,69-,70-,71-/m0/s1. The molecule has 0 unspecified atom stereocenters. The molecule has 0 aromatic heterocycles. The molecule has 0 saturated carbocycles. The summed E-state index contributed by atoms with van der Waals surface area (Å²) in [6, 6.07) is -2.11. The summed E-state index contributed by atoms with van der Waals surface area (Å²) in [5.41, 5.74) is 51.9. The Morgan fingerprint density at radius 2 is 0.777 bits per heavy atom. The predicted molar refractivity (Wildman–Crippen MR) is 553 cm³/mol. The number of aromatic hydroxyl groups is 2. The smallest absolute Gasteiger partial charge is 0.312 e. The maximum atomic E-state index is 16.1. The number of hydrogen-bond donors (Lipinski definition) is 36. The molecule has 2 fully saturated rings. The van der Waals surface area contributed by atoms with Gasteiger partial charge in [0.15, 0.2) is 29.8 Å². The van der Waals surface area contributed by atoms with Crippen LogP contribution in [0.1, 0.15) is 146 Å². The Kier molecular flexibility index (Phi) is 52.5. The summed E-state index contributed by atoms with van der Waals surface area (Å²) >= 11 is 0. The van der Waals surface area contributed by atoms with E-state index in [1.807, 2.05) is 6.07 Å². The number of guanidine groups is 5. The number of amides is 19. The minimum absolute atomic E-state index is 0.00828. The largest absolute Gasteiger partial charge is 0.508 e. The minimum Gasteiger partial charge on any atom is -0.508 e. The number of nitrogens with two attached hydrogens (primary N) is 9.